The van der Waals surface area contributed by atoms with Crippen molar-refractivity contribution in [2.45, 2.75) is 38.9 Å². The summed E-state index contributed by atoms with van der Waals surface area (Å²) in [7, 11) is 0.954. The van der Waals surface area contributed by atoms with E-state index in [9.17, 15) is 0 Å². The highest BCUT2D eigenvalue weighted by molar-refractivity contribution is 6.90. The zero-order valence-electron chi connectivity index (χ0n) is 9.59. The first-order chi connectivity index (χ1) is 6.56. The molecule has 1 aliphatic heterocycles. The van der Waals surface area contributed by atoms with Crippen LogP contribution in [0.5, 0.6) is 0 Å². The summed E-state index contributed by atoms with van der Waals surface area (Å²) < 4.78 is 2.19. The summed E-state index contributed by atoms with van der Waals surface area (Å²) in [4.78, 5) is 4.64. The van der Waals surface area contributed by atoms with Gasteiger partial charge in [-0.25, -0.2) is 4.57 Å². The second-order valence-corrected chi connectivity index (χ2v) is 9.61. The number of nitrogens with zero attached hydrogens (tertiary/aromatic N) is 2. The van der Waals surface area contributed by atoms with E-state index in [0.717, 1.165) is 6.42 Å². The molecule has 0 saturated heterocycles. The van der Waals surface area contributed by atoms with Crippen molar-refractivity contribution in [1.82, 2.24) is 4.98 Å². The molecule has 0 radical (unpaired) electrons. The maximum absolute atomic E-state index is 4.64. The summed E-state index contributed by atoms with van der Waals surface area (Å²) in [5, 5.41) is 1.47. The third-order valence-corrected chi connectivity index (χ3v) is 6.61. The van der Waals surface area contributed by atoms with Gasteiger partial charge in [0.15, 0.2) is 0 Å². The fraction of sp³-hybridized carbons (Fsp3) is 0.636. The number of rotatable bonds is 1. The van der Waals surface area contributed by atoms with E-state index in [1.807, 2.05) is 6.33 Å². The molecule has 0 atom stereocenters. The molecule has 1 aromatic rings. The van der Waals surface area contributed by atoms with Crippen LogP contribution in [-0.2, 0) is 19.9 Å². The normalized spacial score (nSPS) is 18.3. The maximum Gasteiger partial charge on any atom is 0.285 e. The minimum absolute atomic E-state index is 1.13. The average molecular weight is 207 g/mol. The second-order valence-electron chi connectivity index (χ2n) is 4.87. The second kappa shape index (κ2) is 3.16. The Bertz CT molecular complexity index is 372. The van der Waals surface area contributed by atoms with E-state index in [1.54, 1.807) is 5.56 Å². The lowest BCUT2D eigenvalue weighted by atomic mass is 10.1. The van der Waals surface area contributed by atoms with E-state index in [4.69, 9.17) is 0 Å². The van der Waals surface area contributed by atoms with Crippen LogP contribution in [0.3, 0.4) is 0 Å². The fourth-order valence-corrected chi connectivity index (χ4v) is 5.11. The van der Waals surface area contributed by atoms with Gasteiger partial charge in [-0.2, -0.15) is 0 Å². The third kappa shape index (κ3) is 1.30. The van der Waals surface area contributed by atoms with Gasteiger partial charge in [-0.1, -0.05) is 25.0 Å². The Morgan fingerprint density at radius 3 is 2.86 bits per heavy atom. The molecule has 2 rings (SSSR count). The van der Waals surface area contributed by atoms with Gasteiger partial charge in [0.2, 0.25) is 0 Å². The lowest BCUT2D eigenvalue weighted by Crippen LogP contribution is -2.45. The van der Waals surface area contributed by atoms with Crippen molar-refractivity contribution in [2.24, 2.45) is 7.05 Å². The van der Waals surface area contributed by atoms with Gasteiger partial charge in [0, 0.05) is 12.0 Å². The molecule has 76 valence electrons. The molecule has 2 nitrogen and oxygen atoms in total. The lowest BCUT2D eigenvalue weighted by molar-refractivity contribution is -0.682. The van der Waals surface area contributed by atoms with Crippen LogP contribution in [0.2, 0.25) is 19.1 Å². The quantitative estimate of drug-likeness (QED) is 0.495. The van der Waals surface area contributed by atoms with Crippen LogP contribution < -0.4 is 9.88 Å². The van der Waals surface area contributed by atoms with E-state index < -0.39 is 8.07 Å². The maximum atomic E-state index is 4.64. The molecule has 0 amide bonds. The Labute approximate surface area is 87.0 Å². The number of aryl methyl sites for hydroxylation is 1. The summed E-state index contributed by atoms with van der Waals surface area (Å²) in [5.41, 5.74) is 3.06. The zero-order valence-corrected chi connectivity index (χ0v) is 10.6. The molecular weight excluding hydrogens is 188 g/mol. The van der Waals surface area contributed by atoms with Gasteiger partial charge in [-0.3, -0.25) is 0 Å². The van der Waals surface area contributed by atoms with Gasteiger partial charge >= 0.3 is 0 Å². The highest BCUT2D eigenvalue weighted by atomic mass is 28.3. The van der Waals surface area contributed by atoms with Gasteiger partial charge in [0.05, 0.1) is 7.05 Å². The standard InChI is InChI=1S/C11H19N2Si/c1-5-10-9-6-7-14(3,4)11(9)12-8-13(10)2/h8H,5-7H2,1-4H3/q+1. The molecular formula is C11H19N2Si+. The van der Waals surface area contributed by atoms with Crippen molar-refractivity contribution in [3.8, 4) is 0 Å². The first-order valence-corrected chi connectivity index (χ1v) is 8.64. The van der Waals surface area contributed by atoms with Crippen LogP contribution in [-0.4, -0.2) is 13.1 Å². The first-order valence-electron chi connectivity index (χ1n) is 5.43. The molecule has 0 aliphatic carbocycles. The molecule has 0 saturated carbocycles. The van der Waals surface area contributed by atoms with Gasteiger partial charge in [-0.05, 0) is 12.5 Å². The van der Waals surface area contributed by atoms with Crippen LogP contribution in [0.1, 0.15) is 18.2 Å². The SMILES string of the molecule is CCc1c2c(nc[n+]1C)[Si](C)(C)CC2. The Hall–Kier alpha value is -0.703. The molecule has 1 aliphatic rings. The summed E-state index contributed by atoms with van der Waals surface area (Å²) in [6.45, 7) is 7.11. The Morgan fingerprint density at radius 1 is 1.50 bits per heavy atom. The van der Waals surface area contributed by atoms with Crippen molar-refractivity contribution in [2.75, 3.05) is 0 Å². The molecule has 0 unspecified atom stereocenters. The Morgan fingerprint density at radius 2 is 2.21 bits per heavy atom. The van der Waals surface area contributed by atoms with Crippen molar-refractivity contribution in [1.29, 1.82) is 0 Å². The topological polar surface area (TPSA) is 16.8 Å². The largest absolute Gasteiger partial charge is 0.285 e. The van der Waals surface area contributed by atoms with Gasteiger partial charge in [0.25, 0.3) is 6.33 Å². The number of aromatic nitrogens is 2. The fourth-order valence-electron chi connectivity index (χ4n) is 2.51. The van der Waals surface area contributed by atoms with Crippen LogP contribution in [0.25, 0.3) is 0 Å². The minimum Gasteiger partial charge on any atom is -0.237 e. The molecule has 0 aromatic carbocycles. The van der Waals surface area contributed by atoms with Crippen LogP contribution in [0, 0.1) is 0 Å². The van der Waals surface area contributed by atoms with E-state index in [1.165, 1.54) is 23.5 Å². The predicted octanol–water partition coefficient (Wildman–Crippen LogP) is 0.940. The summed E-state index contributed by atoms with van der Waals surface area (Å²) >= 11 is 0. The molecule has 0 spiro atoms. The Balaban J connectivity index is 2.62. The molecule has 2 heterocycles. The minimum atomic E-state index is -1.16. The third-order valence-electron chi connectivity index (χ3n) is 3.40. The monoisotopic (exact) mass is 207 g/mol. The van der Waals surface area contributed by atoms with E-state index in [0.29, 0.717) is 0 Å². The summed E-state index contributed by atoms with van der Waals surface area (Å²) in [6.07, 6.45) is 4.39. The van der Waals surface area contributed by atoms with Gasteiger partial charge < -0.3 is 0 Å². The smallest absolute Gasteiger partial charge is 0.237 e. The molecule has 14 heavy (non-hydrogen) atoms. The molecule has 0 fully saturated rings. The first kappa shape index (κ1) is 9.84. The molecule has 0 bridgehead atoms. The van der Waals surface area contributed by atoms with E-state index in [2.05, 4.69) is 36.6 Å². The summed E-state index contributed by atoms with van der Waals surface area (Å²) in [5.74, 6) is 0. The van der Waals surface area contributed by atoms with Gasteiger partial charge in [0.1, 0.15) is 19.1 Å². The van der Waals surface area contributed by atoms with E-state index in [-0.39, 0.29) is 0 Å². The molecule has 0 N–H and O–H groups in total. The predicted molar refractivity (Wildman–Crippen MR) is 60.4 cm³/mol. The highest BCUT2D eigenvalue weighted by Crippen LogP contribution is 2.23. The molecule has 3 heteroatoms. The number of fused-ring (bicyclic) bond motifs is 1. The van der Waals surface area contributed by atoms with Crippen molar-refractivity contribution >= 4 is 13.4 Å². The zero-order chi connectivity index (χ0) is 10.3. The highest BCUT2D eigenvalue weighted by Gasteiger charge is 2.39. The van der Waals surface area contributed by atoms with Gasteiger partial charge in [-0.15, -0.1) is 0 Å². The molecule has 1 aromatic heterocycles. The lowest BCUT2D eigenvalue weighted by Gasteiger charge is -2.10. The van der Waals surface area contributed by atoms with Crippen molar-refractivity contribution in [3.63, 3.8) is 0 Å². The van der Waals surface area contributed by atoms with Crippen molar-refractivity contribution < 1.29 is 4.57 Å². The Kier molecular flexibility index (Phi) is 2.22. The summed E-state index contributed by atoms with van der Waals surface area (Å²) in [6, 6.07) is 1.38. The van der Waals surface area contributed by atoms with Crippen LogP contribution in [0.15, 0.2) is 6.33 Å². The van der Waals surface area contributed by atoms with Crippen LogP contribution in [0.4, 0.5) is 0 Å². The van der Waals surface area contributed by atoms with E-state index >= 15 is 0 Å². The van der Waals surface area contributed by atoms with Crippen LogP contribution >= 0.6 is 0 Å². The number of hydrogen-bond acceptors (Lipinski definition) is 1. The average Bonchev–Trinajstić information content (AvgIpc) is 2.42. The van der Waals surface area contributed by atoms with Crippen molar-refractivity contribution in [3.05, 3.63) is 17.6 Å². The number of hydrogen-bond donors (Lipinski definition) is 0.